The molecule has 0 bridgehead atoms. The first-order chi connectivity index (χ1) is 9.27. The van der Waals surface area contributed by atoms with Gasteiger partial charge in [-0.15, -0.1) is 0 Å². The number of alkyl halides is 4. The summed E-state index contributed by atoms with van der Waals surface area (Å²) in [7, 11) is 0. The summed E-state index contributed by atoms with van der Waals surface area (Å²) in [5.74, 6) is -0.368. The summed E-state index contributed by atoms with van der Waals surface area (Å²) >= 11 is 3.28. The molecule has 0 aliphatic carbocycles. The molecule has 6 heteroatoms. The number of amides is 1. The molecule has 0 aromatic heterocycles. The smallest absolute Gasteiger partial charge is 0.336 e. The number of rotatable bonds is 5. The number of nitrogens with zero attached hydrogens (tertiary/aromatic N) is 1. The van der Waals surface area contributed by atoms with E-state index in [1.54, 1.807) is 4.90 Å². The van der Waals surface area contributed by atoms with E-state index >= 15 is 0 Å². The van der Waals surface area contributed by atoms with Gasteiger partial charge in [0.2, 0.25) is 0 Å². The Labute approximate surface area is 125 Å². The van der Waals surface area contributed by atoms with Gasteiger partial charge in [0.05, 0.1) is 5.56 Å². The van der Waals surface area contributed by atoms with Crippen molar-refractivity contribution >= 4 is 21.8 Å². The summed E-state index contributed by atoms with van der Waals surface area (Å²) in [5, 5.41) is 0.742. The molecule has 0 fully saturated rings. The maximum Gasteiger partial charge on any atom is 0.416 e. The number of hydrogen-bond acceptors (Lipinski definition) is 1. The summed E-state index contributed by atoms with van der Waals surface area (Å²) in [6, 6.07) is 4.50. The Hall–Kier alpha value is -1.04. The van der Waals surface area contributed by atoms with Crippen LogP contribution in [0.15, 0.2) is 24.3 Å². The van der Waals surface area contributed by atoms with E-state index in [4.69, 9.17) is 0 Å². The van der Waals surface area contributed by atoms with Gasteiger partial charge < -0.3 is 4.90 Å². The monoisotopic (exact) mass is 351 g/mol. The van der Waals surface area contributed by atoms with Crippen molar-refractivity contribution < 1.29 is 18.0 Å². The molecule has 2 nitrogen and oxygen atoms in total. The molecule has 0 saturated carbocycles. The largest absolute Gasteiger partial charge is 0.416 e. The SMILES string of the molecule is CC(C)N(CCCBr)C(=O)c1cccc(C(F)(F)F)c1. The fraction of sp³-hybridized carbons (Fsp3) is 0.500. The van der Waals surface area contributed by atoms with Crippen molar-refractivity contribution in [3.63, 3.8) is 0 Å². The molecule has 0 atom stereocenters. The quantitative estimate of drug-likeness (QED) is 0.722. The van der Waals surface area contributed by atoms with Crippen LogP contribution in [-0.2, 0) is 6.18 Å². The van der Waals surface area contributed by atoms with Gasteiger partial charge in [0.25, 0.3) is 5.91 Å². The van der Waals surface area contributed by atoms with Crippen LogP contribution in [0.25, 0.3) is 0 Å². The highest BCUT2D eigenvalue weighted by molar-refractivity contribution is 9.09. The second-order valence-electron chi connectivity index (χ2n) is 4.71. The molecule has 112 valence electrons. The van der Waals surface area contributed by atoms with Gasteiger partial charge in [-0.25, -0.2) is 0 Å². The van der Waals surface area contributed by atoms with Crippen molar-refractivity contribution in [2.45, 2.75) is 32.5 Å². The van der Waals surface area contributed by atoms with Crippen LogP contribution < -0.4 is 0 Å². The Kier molecular flexibility index (Phi) is 6.05. The molecule has 0 spiro atoms. The zero-order valence-electron chi connectivity index (χ0n) is 11.4. The van der Waals surface area contributed by atoms with Crippen LogP contribution in [0.3, 0.4) is 0 Å². The van der Waals surface area contributed by atoms with Gasteiger partial charge in [-0.3, -0.25) is 4.79 Å². The number of carbonyl (C=O) groups excluding carboxylic acids is 1. The Morgan fingerprint density at radius 2 is 2.00 bits per heavy atom. The van der Waals surface area contributed by atoms with Gasteiger partial charge >= 0.3 is 6.18 Å². The molecule has 0 aliphatic heterocycles. The van der Waals surface area contributed by atoms with Gasteiger partial charge in [-0.2, -0.15) is 13.2 Å². The van der Waals surface area contributed by atoms with Crippen molar-refractivity contribution in [3.8, 4) is 0 Å². The van der Waals surface area contributed by atoms with E-state index in [9.17, 15) is 18.0 Å². The molecule has 0 heterocycles. The fourth-order valence-corrected chi connectivity index (χ4v) is 2.07. The summed E-state index contributed by atoms with van der Waals surface area (Å²) < 4.78 is 38.0. The Morgan fingerprint density at radius 1 is 1.35 bits per heavy atom. The molecular formula is C14H17BrF3NO. The Bertz CT molecular complexity index is 460. The second-order valence-corrected chi connectivity index (χ2v) is 5.51. The van der Waals surface area contributed by atoms with E-state index in [0.29, 0.717) is 6.54 Å². The third-order valence-electron chi connectivity index (χ3n) is 2.85. The molecule has 0 radical (unpaired) electrons. The third-order valence-corrected chi connectivity index (χ3v) is 3.41. The second kappa shape index (κ2) is 7.11. The maximum absolute atomic E-state index is 12.7. The molecule has 1 rings (SSSR count). The minimum absolute atomic E-state index is 0.0592. The minimum Gasteiger partial charge on any atom is -0.336 e. The van der Waals surface area contributed by atoms with Gasteiger partial charge in [-0.1, -0.05) is 22.0 Å². The molecule has 1 amide bonds. The van der Waals surface area contributed by atoms with Crippen molar-refractivity contribution in [3.05, 3.63) is 35.4 Å². The first-order valence-electron chi connectivity index (χ1n) is 6.31. The average molecular weight is 352 g/mol. The predicted molar refractivity (Wildman–Crippen MR) is 76.0 cm³/mol. The van der Waals surface area contributed by atoms with E-state index in [1.807, 2.05) is 13.8 Å². The highest BCUT2D eigenvalue weighted by atomic mass is 79.9. The fourth-order valence-electron chi connectivity index (χ4n) is 1.82. The van der Waals surface area contributed by atoms with Crippen LogP contribution in [0, 0.1) is 0 Å². The number of benzene rings is 1. The number of hydrogen-bond donors (Lipinski definition) is 0. The van der Waals surface area contributed by atoms with E-state index in [0.717, 1.165) is 23.9 Å². The lowest BCUT2D eigenvalue weighted by Crippen LogP contribution is -2.38. The van der Waals surface area contributed by atoms with Gasteiger partial charge in [-0.05, 0) is 38.5 Å². The van der Waals surface area contributed by atoms with Gasteiger partial charge in [0, 0.05) is 23.5 Å². The first kappa shape index (κ1) is 17.0. The van der Waals surface area contributed by atoms with Gasteiger partial charge in [0.1, 0.15) is 0 Å². The highest BCUT2D eigenvalue weighted by Crippen LogP contribution is 2.29. The molecule has 0 unspecified atom stereocenters. The van der Waals surface area contributed by atoms with Crippen molar-refractivity contribution in [1.29, 1.82) is 0 Å². The summed E-state index contributed by atoms with van der Waals surface area (Å²) in [5.41, 5.74) is -0.726. The van der Waals surface area contributed by atoms with E-state index in [2.05, 4.69) is 15.9 Å². The first-order valence-corrected chi connectivity index (χ1v) is 7.43. The van der Waals surface area contributed by atoms with Crippen LogP contribution in [0.4, 0.5) is 13.2 Å². The van der Waals surface area contributed by atoms with Crippen LogP contribution in [0.5, 0.6) is 0 Å². The van der Waals surface area contributed by atoms with E-state index in [1.165, 1.54) is 12.1 Å². The topological polar surface area (TPSA) is 20.3 Å². The van der Waals surface area contributed by atoms with E-state index in [-0.39, 0.29) is 17.5 Å². The van der Waals surface area contributed by atoms with Crippen molar-refractivity contribution in [2.75, 3.05) is 11.9 Å². The number of carbonyl (C=O) groups is 1. The van der Waals surface area contributed by atoms with Crippen LogP contribution in [-0.4, -0.2) is 28.7 Å². The Morgan fingerprint density at radius 3 is 2.50 bits per heavy atom. The Balaban J connectivity index is 3.00. The zero-order valence-corrected chi connectivity index (χ0v) is 13.0. The molecule has 20 heavy (non-hydrogen) atoms. The van der Waals surface area contributed by atoms with Crippen LogP contribution in [0.1, 0.15) is 36.2 Å². The van der Waals surface area contributed by atoms with Crippen molar-refractivity contribution in [2.24, 2.45) is 0 Å². The molecule has 0 saturated heterocycles. The average Bonchev–Trinajstić information content (AvgIpc) is 2.37. The minimum atomic E-state index is -4.44. The zero-order chi connectivity index (χ0) is 15.3. The molecule has 0 N–H and O–H groups in total. The summed E-state index contributed by atoms with van der Waals surface area (Å²) in [6.07, 6.45) is -3.68. The highest BCUT2D eigenvalue weighted by Gasteiger charge is 2.31. The standard InChI is InChI=1S/C14H17BrF3NO/c1-10(2)19(8-4-7-15)13(20)11-5-3-6-12(9-11)14(16,17)18/h3,5-6,9-10H,4,7-8H2,1-2H3. The molecule has 1 aromatic rings. The molecule has 0 aliphatic rings. The van der Waals surface area contributed by atoms with Crippen LogP contribution >= 0.6 is 15.9 Å². The normalized spacial score (nSPS) is 11.8. The molecule has 1 aromatic carbocycles. The van der Waals surface area contributed by atoms with E-state index < -0.39 is 11.7 Å². The van der Waals surface area contributed by atoms with Gasteiger partial charge in [0.15, 0.2) is 0 Å². The van der Waals surface area contributed by atoms with Crippen molar-refractivity contribution in [1.82, 2.24) is 4.90 Å². The lowest BCUT2D eigenvalue weighted by Gasteiger charge is -2.27. The lowest BCUT2D eigenvalue weighted by molar-refractivity contribution is -0.137. The maximum atomic E-state index is 12.7. The number of halogens is 4. The predicted octanol–water partition coefficient (Wildman–Crippen LogP) is 4.34. The lowest BCUT2D eigenvalue weighted by atomic mass is 10.1. The summed E-state index contributed by atoms with van der Waals surface area (Å²) in [6.45, 7) is 4.21. The van der Waals surface area contributed by atoms with Crippen LogP contribution in [0.2, 0.25) is 0 Å². The third kappa shape index (κ3) is 4.51. The molecular weight excluding hydrogens is 335 g/mol. The summed E-state index contributed by atoms with van der Waals surface area (Å²) in [4.78, 5) is 13.9.